The second-order valence-corrected chi connectivity index (χ2v) is 6.06. The third-order valence-electron chi connectivity index (χ3n) is 4.49. The molecule has 2 heterocycles. The molecule has 0 spiro atoms. The molecule has 1 atom stereocenters. The van der Waals surface area contributed by atoms with Gasteiger partial charge in [0.2, 0.25) is 0 Å². The number of ether oxygens (including phenoxy) is 1. The van der Waals surface area contributed by atoms with Crippen LogP contribution >= 0.6 is 0 Å². The molecule has 130 valence electrons. The van der Waals surface area contributed by atoms with Crippen molar-refractivity contribution in [1.29, 1.82) is 0 Å². The maximum absolute atomic E-state index is 13.2. The van der Waals surface area contributed by atoms with E-state index in [9.17, 15) is 13.2 Å². The predicted molar refractivity (Wildman–Crippen MR) is 83.4 cm³/mol. The first-order valence-electron chi connectivity index (χ1n) is 7.84. The SMILES string of the molecule is Cc1c(CN2CCOC(c3ccccc3C(F)(F)F)C2)cnn1C. The molecule has 0 amide bonds. The lowest BCUT2D eigenvalue weighted by Crippen LogP contribution is -2.38. The average Bonchev–Trinajstić information content (AvgIpc) is 2.86. The minimum Gasteiger partial charge on any atom is -0.371 e. The molecule has 0 N–H and O–H groups in total. The van der Waals surface area contributed by atoms with Crippen LogP contribution in [0.3, 0.4) is 0 Å². The molecule has 1 aromatic heterocycles. The Kier molecular flexibility index (Phi) is 4.64. The maximum Gasteiger partial charge on any atom is 0.416 e. The fourth-order valence-electron chi connectivity index (χ4n) is 3.01. The van der Waals surface area contributed by atoms with E-state index in [1.165, 1.54) is 12.1 Å². The van der Waals surface area contributed by atoms with Crippen molar-refractivity contribution in [3.8, 4) is 0 Å². The Balaban J connectivity index is 1.78. The number of morpholine rings is 1. The van der Waals surface area contributed by atoms with Gasteiger partial charge in [-0.1, -0.05) is 18.2 Å². The first kappa shape index (κ1) is 17.0. The summed E-state index contributed by atoms with van der Waals surface area (Å²) < 4.78 is 47.1. The fourth-order valence-corrected chi connectivity index (χ4v) is 3.01. The van der Waals surface area contributed by atoms with Crippen molar-refractivity contribution < 1.29 is 17.9 Å². The second-order valence-electron chi connectivity index (χ2n) is 6.06. The van der Waals surface area contributed by atoms with Crippen LogP contribution in [-0.2, 0) is 24.5 Å². The fraction of sp³-hybridized carbons (Fsp3) is 0.471. The van der Waals surface area contributed by atoms with Crippen LogP contribution in [0.15, 0.2) is 30.5 Å². The van der Waals surface area contributed by atoms with E-state index >= 15 is 0 Å². The number of hydrogen-bond acceptors (Lipinski definition) is 3. The molecule has 0 aliphatic carbocycles. The van der Waals surface area contributed by atoms with Gasteiger partial charge in [0, 0.05) is 37.9 Å². The summed E-state index contributed by atoms with van der Waals surface area (Å²) in [6.07, 6.45) is -3.14. The Hall–Kier alpha value is -1.86. The van der Waals surface area contributed by atoms with E-state index in [4.69, 9.17) is 4.74 Å². The van der Waals surface area contributed by atoms with Gasteiger partial charge in [-0.15, -0.1) is 0 Å². The molecule has 7 heteroatoms. The Morgan fingerprint density at radius 2 is 2.04 bits per heavy atom. The lowest BCUT2D eigenvalue weighted by Gasteiger charge is -2.34. The molecule has 0 saturated carbocycles. The molecule has 24 heavy (non-hydrogen) atoms. The number of benzene rings is 1. The molecule has 0 radical (unpaired) electrons. The number of nitrogens with zero attached hydrogens (tertiary/aromatic N) is 3. The normalized spacial score (nSPS) is 19.6. The number of alkyl halides is 3. The summed E-state index contributed by atoms with van der Waals surface area (Å²) in [5.74, 6) is 0. The summed E-state index contributed by atoms with van der Waals surface area (Å²) in [6, 6.07) is 5.65. The van der Waals surface area contributed by atoms with Crippen molar-refractivity contribution in [2.24, 2.45) is 7.05 Å². The number of halogens is 3. The minimum absolute atomic E-state index is 0.206. The highest BCUT2D eigenvalue weighted by atomic mass is 19.4. The van der Waals surface area contributed by atoms with Crippen molar-refractivity contribution >= 4 is 0 Å². The highest BCUT2D eigenvalue weighted by Gasteiger charge is 2.36. The molecule has 2 aromatic rings. The average molecular weight is 339 g/mol. The summed E-state index contributed by atoms with van der Waals surface area (Å²) in [6.45, 7) is 4.18. The predicted octanol–water partition coefficient (Wildman–Crippen LogP) is 3.32. The quantitative estimate of drug-likeness (QED) is 0.859. The number of hydrogen-bond donors (Lipinski definition) is 0. The molecule has 0 bridgehead atoms. The topological polar surface area (TPSA) is 30.3 Å². The van der Waals surface area contributed by atoms with Crippen molar-refractivity contribution in [3.63, 3.8) is 0 Å². The van der Waals surface area contributed by atoms with E-state index in [2.05, 4.69) is 10.00 Å². The van der Waals surface area contributed by atoms with Gasteiger partial charge >= 0.3 is 6.18 Å². The van der Waals surface area contributed by atoms with E-state index in [0.29, 0.717) is 26.2 Å². The van der Waals surface area contributed by atoms with Crippen molar-refractivity contribution in [3.05, 3.63) is 52.8 Å². The van der Waals surface area contributed by atoms with Gasteiger partial charge < -0.3 is 4.74 Å². The molecular weight excluding hydrogens is 319 g/mol. The lowest BCUT2D eigenvalue weighted by molar-refractivity contribution is -0.140. The number of aryl methyl sites for hydroxylation is 1. The minimum atomic E-state index is -4.37. The molecule has 1 fully saturated rings. The highest BCUT2D eigenvalue weighted by molar-refractivity contribution is 5.32. The Bertz CT molecular complexity index is 711. The Morgan fingerprint density at radius 3 is 2.71 bits per heavy atom. The van der Waals surface area contributed by atoms with Crippen LogP contribution in [0, 0.1) is 6.92 Å². The van der Waals surface area contributed by atoms with E-state index in [1.807, 2.05) is 20.2 Å². The summed E-state index contributed by atoms with van der Waals surface area (Å²) in [5, 5.41) is 4.22. The maximum atomic E-state index is 13.2. The number of rotatable bonds is 3. The second kappa shape index (κ2) is 6.57. The van der Waals surface area contributed by atoms with E-state index in [0.717, 1.165) is 17.3 Å². The molecule has 4 nitrogen and oxygen atoms in total. The van der Waals surface area contributed by atoms with Gasteiger partial charge in [-0.05, 0) is 18.6 Å². The zero-order chi connectivity index (χ0) is 17.3. The zero-order valence-electron chi connectivity index (χ0n) is 13.7. The van der Waals surface area contributed by atoms with Gasteiger partial charge in [-0.2, -0.15) is 18.3 Å². The van der Waals surface area contributed by atoms with Crippen LogP contribution in [0.2, 0.25) is 0 Å². The van der Waals surface area contributed by atoms with Crippen molar-refractivity contribution in [2.75, 3.05) is 19.7 Å². The van der Waals surface area contributed by atoms with E-state index < -0.39 is 17.8 Å². The van der Waals surface area contributed by atoms with Crippen LogP contribution in [0.4, 0.5) is 13.2 Å². The molecule has 3 rings (SSSR count). The van der Waals surface area contributed by atoms with Crippen LogP contribution in [-0.4, -0.2) is 34.4 Å². The highest BCUT2D eigenvalue weighted by Crippen LogP contribution is 2.36. The zero-order valence-corrected chi connectivity index (χ0v) is 13.7. The summed E-state index contributed by atoms with van der Waals surface area (Å²) in [5.41, 5.74) is 1.74. The standard InChI is InChI=1S/C17H20F3N3O/c1-12-13(9-21-22(12)2)10-23-7-8-24-16(11-23)14-5-3-4-6-15(14)17(18,19)20/h3-6,9,16H,7-8,10-11H2,1-2H3. The van der Waals surface area contributed by atoms with Gasteiger partial charge in [0.25, 0.3) is 0 Å². The van der Waals surface area contributed by atoms with Crippen LogP contribution in [0.1, 0.15) is 28.5 Å². The molecule has 1 aromatic carbocycles. The third kappa shape index (κ3) is 3.47. The molecule has 1 saturated heterocycles. The molecule has 1 aliphatic rings. The monoisotopic (exact) mass is 339 g/mol. The van der Waals surface area contributed by atoms with E-state index in [1.54, 1.807) is 10.7 Å². The summed E-state index contributed by atoms with van der Waals surface area (Å²) >= 11 is 0. The first-order valence-corrected chi connectivity index (χ1v) is 7.84. The van der Waals surface area contributed by atoms with Gasteiger partial charge in [0.15, 0.2) is 0 Å². The third-order valence-corrected chi connectivity index (χ3v) is 4.49. The molecule has 1 aliphatic heterocycles. The molecule has 1 unspecified atom stereocenters. The summed E-state index contributed by atoms with van der Waals surface area (Å²) in [7, 11) is 1.88. The van der Waals surface area contributed by atoms with Crippen LogP contribution < -0.4 is 0 Å². The van der Waals surface area contributed by atoms with Crippen LogP contribution in [0.5, 0.6) is 0 Å². The summed E-state index contributed by atoms with van der Waals surface area (Å²) in [4.78, 5) is 2.12. The van der Waals surface area contributed by atoms with Gasteiger partial charge in [-0.3, -0.25) is 9.58 Å². The smallest absolute Gasteiger partial charge is 0.371 e. The van der Waals surface area contributed by atoms with E-state index in [-0.39, 0.29) is 5.56 Å². The van der Waals surface area contributed by atoms with Crippen LogP contribution in [0.25, 0.3) is 0 Å². The Morgan fingerprint density at radius 1 is 1.29 bits per heavy atom. The van der Waals surface area contributed by atoms with Crippen molar-refractivity contribution in [1.82, 2.24) is 14.7 Å². The largest absolute Gasteiger partial charge is 0.416 e. The molecular formula is C17H20F3N3O. The van der Waals surface area contributed by atoms with Gasteiger partial charge in [0.05, 0.1) is 24.5 Å². The lowest BCUT2D eigenvalue weighted by atomic mass is 10.0. The van der Waals surface area contributed by atoms with Gasteiger partial charge in [0.1, 0.15) is 0 Å². The number of aromatic nitrogens is 2. The van der Waals surface area contributed by atoms with Gasteiger partial charge in [-0.25, -0.2) is 0 Å². The van der Waals surface area contributed by atoms with Crippen molar-refractivity contribution in [2.45, 2.75) is 25.7 Å². The first-order chi connectivity index (χ1) is 11.4. The Labute approximate surface area is 138 Å².